The predicted octanol–water partition coefficient (Wildman–Crippen LogP) is 10.3. The van der Waals surface area contributed by atoms with Gasteiger partial charge in [0.25, 0.3) is 0 Å². The molecule has 0 amide bonds. The molecule has 0 spiro atoms. The van der Waals surface area contributed by atoms with Crippen molar-refractivity contribution < 1.29 is 0 Å². The Balaban J connectivity index is 1.39. The summed E-state index contributed by atoms with van der Waals surface area (Å²) in [6, 6.07) is 24.6. The second-order valence-electron chi connectivity index (χ2n) is 12.2. The number of benzene rings is 3. The summed E-state index contributed by atoms with van der Waals surface area (Å²) in [6.07, 6.45) is 11.6. The van der Waals surface area contributed by atoms with Crippen LogP contribution in [0, 0.1) is 20.8 Å². The van der Waals surface area contributed by atoms with Gasteiger partial charge in [-0.25, -0.2) is 0 Å². The molecule has 192 valence electrons. The van der Waals surface area contributed by atoms with Gasteiger partial charge >= 0.3 is 0 Å². The first-order chi connectivity index (χ1) is 17.8. The highest BCUT2D eigenvalue weighted by molar-refractivity contribution is 6.83. The van der Waals surface area contributed by atoms with Gasteiger partial charge in [-0.2, -0.15) is 0 Å². The van der Waals surface area contributed by atoms with E-state index in [1.807, 2.05) is 0 Å². The third-order valence-corrected chi connectivity index (χ3v) is 15.0. The molecule has 0 N–H and O–H groups in total. The van der Waals surface area contributed by atoms with Crippen molar-refractivity contribution in [3.63, 3.8) is 0 Å². The van der Waals surface area contributed by atoms with E-state index >= 15 is 0 Å². The predicted molar refractivity (Wildman–Crippen MR) is 165 cm³/mol. The highest BCUT2D eigenvalue weighted by Crippen LogP contribution is 2.54. The molecule has 0 saturated carbocycles. The first-order valence-corrected chi connectivity index (χ1v) is 17.3. The normalized spacial score (nSPS) is 19.7. The molecule has 1 heteroatoms. The maximum Gasteiger partial charge on any atom is 0.0751 e. The Hall–Kier alpha value is -2.64. The van der Waals surface area contributed by atoms with Gasteiger partial charge in [0.15, 0.2) is 0 Å². The fourth-order valence-electron chi connectivity index (χ4n) is 7.57. The monoisotopic (exact) mass is 504 g/mol. The van der Waals surface area contributed by atoms with Crippen LogP contribution in [0.5, 0.6) is 0 Å². The van der Waals surface area contributed by atoms with E-state index in [9.17, 15) is 0 Å². The Morgan fingerprint density at radius 2 is 1.11 bits per heavy atom. The SMILES string of the molecule is CC1=Cc2c(C)cccc2C1[Si](C)(CCCCCCc1ccc(C)cc1)C1C(C)=Cc2c(C)cccc21. The summed E-state index contributed by atoms with van der Waals surface area (Å²) in [7, 11) is -1.82. The quantitative estimate of drug-likeness (QED) is 0.201. The summed E-state index contributed by atoms with van der Waals surface area (Å²) >= 11 is 0. The number of aryl methyl sites for hydroxylation is 4. The number of hydrogen-bond acceptors (Lipinski definition) is 0. The third-order valence-electron chi connectivity index (χ3n) is 9.36. The maximum atomic E-state index is 2.75. The molecule has 0 bridgehead atoms. The minimum absolute atomic E-state index is 0.606. The van der Waals surface area contributed by atoms with Crippen molar-refractivity contribution in [2.45, 2.75) is 90.4 Å². The lowest BCUT2D eigenvalue weighted by Gasteiger charge is -2.42. The van der Waals surface area contributed by atoms with Crippen LogP contribution in [-0.2, 0) is 6.42 Å². The topological polar surface area (TPSA) is 0 Å². The second kappa shape index (κ2) is 10.6. The zero-order valence-corrected chi connectivity index (χ0v) is 24.8. The first-order valence-electron chi connectivity index (χ1n) is 14.4. The first kappa shape index (κ1) is 26.0. The third kappa shape index (κ3) is 4.96. The van der Waals surface area contributed by atoms with Crippen molar-refractivity contribution in [3.8, 4) is 0 Å². The lowest BCUT2D eigenvalue weighted by atomic mass is 10.0. The van der Waals surface area contributed by atoms with E-state index in [0.29, 0.717) is 11.1 Å². The Labute approximate surface area is 226 Å². The van der Waals surface area contributed by atoms with Crippen LogP contribution in [0.25, 0.3) is 12.2 Å². The number of fused-ring (bicyclic) bond motifs is 2. The minimum atomic E-state index is -1.82. The van der Waals surface area contributed by atoms with Crippen molar-refractivity contribution in [1.82, 2.24) is 0 Å². The van der Waals surface area contributed by atoms with Crippen LogP contribution in [0.3, 0.4) is 0 Å². The van der Waals surface area contributed by atoms with Crippen molar-refractivity contribution in [3.05, 3.63) is 116 Å². The molecule has 3 aromatic rings. The largest absolute Gasteiger partial charge is 0.0751 e. The fourth-order valence-corrected chi connectivity index (χ4v) is 13.7. The smallest absolute Gasteiger partial charge is 0.0679 e. The van der Waals surface area contributed by atoms with Crippen LogP contribution >= 0.6 is 0 Å². The Morgan fingerprint density at radius 3 is 1.65 bits per heavy atom. The van der Waals surface area contributed by atoms with Gasteiger partial charge in [-0.3, -0.25) is 0 Å². The van der Waals surface area contributed by atoms with E-state index in [4.69, 9.17) is 0 Å². The summed E-state index contributed by atoms with van der Waals surface area (Å²) in [5.74, 6) is 0. The number of hydrogen-bond donors (Lipinski definition) is 0. The summed E-state index contributed by atoms with van der Waals surface area (Å²) in [4.78, 5) is 0. The molecule has 2 unspecified atom stereocenters. The molecule has 0 radical (unpaired) electrons. The van der Waals surface area contributed by atoms with Crippen LogP contribution < -0.4 is 0 Å². The summed E-state index contributed by atoms with van der Waals surface area (Å²) < 4.78 is 0. The van der Waals surface area contributed by atoms with E-state index in [1.54, 1.807) is 22.3 Å². The fraction of sp³-hybridized carbons (Fsp3) is 0.389. The number of allylic oxidation sites excluding steroid dienone is 2. The zero-order chi connectivity index (χ0) is 26.2. The lowest BCUT2D eigenvalue weighted by Crippen LogP contribution is -2.45. The molecule has 0 nitrogen and oxygen atoms in total. The Morgan fingerprint density at radius 1 is 0.595 bits per heavy atom. The van der Waals surface area contributed by atoms with E-state index in [2.05, 4.69) is 114 Å². The molecule has 0 fully saturated rings. The summed E-state index contributed by atoms with van der Waals surface area (Å²) in [5.41, 5.74) is 16.4. The van der Waals surface area contributed by atoms with Gasteiger partial charge in [-0.15, -0.1) is 0 Å². The molecule has 5 rings (SSSR count). The van der Waals surface area contributed by atoms with Crippen molar-refractivity contribution in [2.75, 3.05) is 0 Å². The summed E-state index contributed by atoms with van der Waals surface area (Å²) in [5, 5.41) is 0. The van der Waals surface area contributed by atoms with Gasteiger partial charge < -0.3 is 0 Å². The van der Waals surface area contributed by atoms with Gasteiger partial charge in [0.05, 0.1) is 8.07 Å². The number of rotatable bonds is 9. The molecule has 0 aromatic heterocycles. The van der Waals surface area contributed by atoms with Crippen molar-refractivity contribution >= 4 is 20.2 Å². The standard InChI is InChI=1S/C36H44Si/c1-25-18-20-30(21-19-25)15-9-7-8-10-22-37(6,35-28(4)23-33-26(2)13-11-16-31(33)35)36-29(5)24-34-27(3)14-12-17-32(34)36/h11-14,16-21,23-24,35-36H,7-10,15,22H2,1-6H3. The molecule has 2 atom stereocenters. The highest BCUT2D eigenvalue weighted by Gasteiger charge is 2.49. The van der Waals surface area contributed by atoms with Crippen molar-refractivity contribution in [1.29, 1.82) is 0 Å². The second-order valence-corrected chi connectivity index (χ2v) is 16.9. The van der Waals surface area contributed by atoms with Crippen LogP contribution in [-0.4, -0.2) is 8.07 Å². The van der Waals surface area contributed by atoms with E-state index in [0.717, 1.165) is 0 Å². The zero-order valence-electron chi connectivity index (χ0n) is 23.8. The van der Waals surface area contributed by atoms with Crippen LogP contribution in [0.2, 0.25) is 12.6 Å². The average Bonchev–Trinajstić information content (AvgIpc) is 3.40. The van der Waals surface area contributed by atoms with Crippen LogP contribution in [0.4, 0.5) is 0 Å². The van der Waals surface area contributed by atoms with Gasteiger partial charge in [0.1, 0.15) is 0 Å². The van der Waals surface area contributed by atoms with E-state index in [1.165, 1.54) is 71.5 Å². The molecule has 0 aliphatic heterocycles. The average molecular weight is 505 g/mol. The summed E-state index contributed by atoms with van der Waals surface area (Å²) in [6.45, 7) is 14.3. The molecule has 2 aliphatic rings. The Kier molecular flexibility index (Phi) is 7.45. The molecular formula is C36H44Si. The molecule has 3 aromatic carbocycles. The van der Waals surface area contributed by atoms with Crippen LogP contribution in [0.15, 0.2) is 71.8 Å². The van der Waals surface area contributed by atoms with Gasteiger partial charge in [0.2, 0.25) is 0 Å². The maximum absolute atomic E-state index is 2.75. The van der Waals surface area contributed by atoms with E-state index in [-0.39, 0.29) is 0 Å². The van der Waals surface area contributed by atoms with Gasteiger partial charge in [-0.05, 0) is 86.4 Å². The molecule has 37 heavy (non-hydrogen) atoms. The molecule has 0 saturated heterocycles. The Bertz CT molecular complexity index is 1260. The van der Waals surface area contributed by atoms with Crippen LogP contribution in [0.1, 0.15) is 95.1 Å². The van der Waals surface area contributed by atoms with Crippen molar-refractivity contribution in [2.24, 2.45) is 0 Å². The molecule has 0 heterocycles. The molecular weight excluding hydrogens is 460 g/mol. The molecule has 2 aliphatic carbocycles. The van der Waals surface area contributed by atoms with E-state index < -0.39 is 8.07 Å². The minimum Gasteiger partial charge on any atom is -0.0679 e. The lowest BCUT2D eigenvalue weighted by molar-refractivity contribution is 0.658. The highest BCUT2D eigenvalue weighted by atomic mass is 28.3. The number of unbranched alkanes of at least 4 members (excludes halogenated alkanes) is 3. The van der Waals surface area contributed by atoms with Gasteiger partial charge in [0, 0.05) is 11.1 Å². The van der Waals surface area contributed by atoms with Gasteiger partial charge in [-0.1, -0.05) is 121 Å².